The molecule has 2 aromatic carbocycles. The number of nitrogens with zero attached hydrogens (tertiary/aromatic N) is 2. The average Bonchev–Trinajstić information content (AvgIpc) is 3.26. The number of aryl methyl sites for hydroxylation is 2. The van der Waals surface area contributed by atoms with Gasteiger partial charge in [-0.2, -0.15) is 0 Å². The van der Waals surface area contributed by atoms with Gasteiger partial charge in [0.15, 0.2) is 5.78 Å². The molecule has 1 N–H and O–H groups in total. The molecule has 0 radical (unpaired) electrons. The van der Waals surface area contributed by atoms with Gasteiger partial charge in [-0.15, -0.1) is 0 Å². The second-order valence-corrected chi connectivity index (χ2v) is 8.54. The molecular formula is C27H29N3O3. The number of Topliss-reactive ketones (excluding diaryl/α,β-unsaturated/α-hetero) is 1. The third-order valence-electron chi connectivity index (χ3n) is 6.62. The maximum absolute atomic E-state index is 13.3. The number of benzene rings is 2. The van der Waals surface area contributed by atoms with Crippen LogP contribution in [0.4, 0.5) is 4.79 Å². The molecule has 1 aromatic heterocycles. The fourth-order valence-corrected chi connectivity index (χ4v) is 4.67. The Morgan fingerprint density at radius 2 is 1.61 bits per heavy atom. The summed E-state index contributed by atoms with van der Waals surface area (Å²) >= 11 is 0. The Morgan fingerprint density at radius 3 is 2.24 bits per heavy atom. The topological polar surface area (TPSA) is 71.4 Å². The molecule has 33 heavy (non-hydrogen) atoms. The number of carbonyl (C=O) groups excluding carboxylic acids is 3. The Morgan fingerprint density at radius 1 is 0.970 bits per heavy atom. The van der Waals surface area contributed by atoms with Crippen LogP contribution in [0.5, 0.6) is 0 Å². The summed E-state index contributed by atoms with van der Waals surface area (Å²) in [5.74, 6) is -0.620. The molecule has 0 saturated carbocycles. The molecule has 1 atom stereocenters. The zero-order valence-electron chi connectivity index (χ0n) is 19.3. The number of ketones is 1. The van der Waals surface area contributed by atoms with E-state index in [1.807, 2.05) is 75.4 Å². The van der Waals surface area contributed by atoms with Crippen molar-refractivity contribution in [2.75, 3.05) is 6.54 Å². The minimum absolute atomic E-state index is 0.238. The molecule has 6 nitrogen and oxygen atoms in total. The summed E-state index contributed by atoms with van der Waals surface area (Å²) in [5, 5.41) is 2.84. The van der Waals surface area contributed by atoms with E-state index in [1.165, 1.54) is 5.56 Å². The second kappa shape index (κ2) is 9.06. The molecule has 170 valence electrons. The van der Waals surface area contributed by atoms with Crippen molar-refractivity contribution < 1.29 is 14.4 Å². The molecule has 1 unspecified atom stereocenters. The maximum atomic E-state index is 13.3. The lowest BCUT2D eigenvalue weighted by Crippen LogP contribution is -2.43. The number of amides is 3. The van der Waals surface area contributed by atoms with Gasteiger partial charge in [-0.25, -0.2) is 4.79 Å². The quantitative estimate of drug-likeness (QED) is 0.415. The number of hydrogen-bond acceptors (Lipinski definition) is 3. The molecule has 0 spiro atoms. The largest absolute Gasteiger partial charge is 0.348 e. The highest BCUT2D eigenvalue weighted by molar-refractivity contribution is 6.11. The molecule has 1 aliphatic rings. The van der Waals surface area contributed by atoms with E-state index in [0.717, 1.165) is 34.8 Å². The first-order valence-electron chi connectivity index (χ1n) is 11.3. The first kappa shape index (κ1) is 22.5. The lowest BCUT2D eigenvalue weighted by atomic mass is 9.87. The fraction of sp³-hybridized carbons (Fsp3) is 0.296. The third-order valence-corrected chi connectivity index (χ3v) is 6.62. The van der Waals surface area contributed by atoms with E-state index in [4.69, 9.17) is 0 Å². The monoisotopic (exact) mass is 443 g/mol. The van der Waals surface area contributed by atoms with Gasteiger partial charge in [-0.1, -0.05) is 67.6 Å². The van der Waals surface area contributed by atoms with Gasteiger partial charge < -0.3 is 9.88 Å². The molecule has 1 saturated heterocycles. The Kier molecular flexibility index (Phi) is 6.18. The summed E-state index contributed by atoms with van der Waals surface area (Å²) < 4.78 is 2.12. The summed E-state index contributed by atoms with van der Waals surface area (Å²) in [5.41, 5.74) is 3.20. The van der Waals surface area contributed by atoms with Gasteiger partial charge in [-0.05, 0) is 43.9 Å². The van der Waals surface area contributed by atoms with Crippen LogP contribution in [0, 0.1) is 13.8 Å². The van der Waals surface area contributed by atoms with Gasteiger partial charge in [0.1, 0.15) is 5.54 Å². The Bertz CT molecular complexity index is 1180. The summed E-state index contributed by atoms with van der Waals surface area (Å²) in [6, 6.07) is 20.7. The predicted molar refractivity (Wildman–Crippen MR) is 127 cm³/mol. The van der Waals surface area contributed by atoms with Gasteiger partial charge >= 0.3 is 6.03 Å². The van der Waals surface area contributed by atoms with Crippen molar-refractivity contribution in [3.8, 4) is 0 Å². The van der Waals surface area contributed by atoms with Gasteiger partial charge in [-0.3, -0.25) is 14.5 Å². The normalized spacial score (nSPS) is 18.0. The standard InChI is InChI=1S/C27H29N3O3/c1-4-27(22-13-9-6-10-14-22)25(32)30(26(33)28-27)18-24(31)23-17-19(2)29(20(23)3)16-15-21-11-7-5-8-12-21/h5-14,17H,4,15-16,18H2,1-3H3,(H,28,33). The van der Waals surface area contributed by atoms with E-state index in [-0.39, 0.29) is 18.2 Å². The number of hydrogen-bond donors (Lipinski definition) is 1. The lowest BCUT2D eigenvalue weighted by molar-refractivity contribution is -0.131. The Hall–Kier alpha value is -3.67. The average molecular weight is 444 g/mol. The van der Waals surface area contributed by atoms with Crippen LogP contribution in [-0.4, -0.2) is 33.7 Å². The first-order valence-corrected chi connectivity index (χ1v) is 11.3. The number of rotatable bonds is 8. The van der Waals surface area contributed by atoms with Crippen LogP contribution >= 0.6 is 0 Å². The third kappa shape index (κ3) is 4.09. The summed E-state index contributed by atoms with van der Waals surface area (Å²) in [6.07, 6.45) is 1.26. The number of carbonyl (C=O) groups is 3. The molecular weight excluding hydrogens is 414 g/mol. The van der Waals surface area contributed by atoms with Crippen LogP contribution in [0.25, 0.3) is 0 Å². The lowest BCUT2D eigenvalue weighted by Gasteiger charge is -2.25. The summed E-state index contributed by atoms with van der Waals surface area (Å²) in [4.78, 5) is 40.3. The highest BCUT2D eigenvalue weighted by atomic mass is 16.2. The van der Waals surface area contributed by atoms with Crippen molar-refractivity contribution in [3.63, 3.8) is 0 Å². The van der Waals surface area contributed by atoms with Crippen LogP contribution < -0.4 is 5.32 Å². The van der Waals surface area contributed by atoms with Crippen LogP contribution in [0.1, 0.15) is 46.2 Å². The highest BCUT2D eigenvalue weighted by Crippen LogP contribution is 2.32. The molecule has 6 heteroatoms. The minimum atomic E-state index is -1.13. The van der Waals surface area contributed by atoms with E-state index >= 15 is 0 Å². The van der Waals surface area contributed by atoms with Crippen LogP contribution in [-0.2, 0) is 23.3 Å². The van der Waals surface area contributed by atoms with Crippen LogP contribution in [0.15, 0.2) is 66.7 Å². The Labute approximate surface area is 194 Å². The van der Waals surface area contributed by atoms with E-state index < -0.39 is 11.6 Å². The van der Waals surface area contributed by atoms with Crippen molar-refractivity contribution in [1.29, 1.82) is 0 Å². The van der Waals surface area contributed by atoms with Crippen LogP contribution in [0.2, 0.25) is 0 Å². The molecule has 4 rings (SSSR count). The molecule has 1 aliphatic heterocycles. The zero-order valence-corrected chi connectivity index (χ0v) is 19.3. The fourth-order valence-electron chi connectivity index (χ4n) is 4.67. The molecule has 2 heterocycles. The van der Waals surface area contributed by atoms with E-state index in [9.17, 15) is 14.4 Å². The highest BCUT2D eigenvalue weighted by Gasteiger charge is 2.51. The summed E-state index contributed by atoms with van der Waals surface area (Å²) in [6.45, 7) is 6.22. The summed E-state index contributed by atoms with van der Waals surface area (Å²) in [7, 11) is 0. The smallest absolute Gasteiger partial charge is 0.325 e. The number of nitrogens with one attached hydrogen (secondary N) is 1. The number of imide groups is 1. The molecule has 1 fully saturated rings. The number of urea groups is 1. The van der Waals surface area contributed by atoms with E-state index in [2.05, 4.69) is 22.0 Å². The van der Waals surface area contributed by atoms with E-state index in [1.54, 1.807) is 0 Å². The second-order valence-electron chi connectivity index (χ2n) is 8.54. The SMILES string of the molecule is CCC1(c2ccccc2)NC(=O)N(CC(=O)c2cc(C)n(CCc3ccccc3)c2C)C1=O. The molecule has 3 amide bonds. The molecule has 0 aliphatic carbocycles. The first-order chi connectivity index (χ1) is 15.9. The molecule has 0 bridgehead atoms. The van der Waals surface area contributed by atoms with Gasteiger partial charge in [0.2, 0.25) is 0 Å². The zero-order chi connectivity index (χ0) is 23.6. The van der Waals surface area contributed by atoms with Crippen molar-refractivity contribution in [1.82, 2.24) is 14.8 Å². The maximum Gasteiger partial charge on any atom is 0.325 e. The van der Waals surface area contributed by atoms with Gasteiger partial charge in [0.05, 0.1) is 6.54 Å². The molecule has 3 aromatic rings. The van der Waals surface area contributed by atoms with Crippen molar-refractivity contribution >= 4 is 17.7 Å². The van der Waals surface area contributed by atoms with Crippen LogP contribution in [0.3, 0.4) is 0 Å². The van der Waals surface area contributed by atoms with Gasteiger partial charge in [0.25, 0.3) is 5.91 Å². The van der Waals surface area contributed by atoms with Crippen molar-refractivity contribution in [3.05, 3.63) is 94.8 Å². The van der Waals surface area contributed by atoms with Crippen molar-refractivity contribution in [2.45, 2.75) is 45.7 Å². The minimum Gasteiger partial charge on any atom is -0.348 e. The van der Waals surface area contributed by atoms with Crippen molar-refractivity contribution in [2.24, 2.45) is 0 Å². The van der Waals surface area contributed by atoms with E-state index in [0.29, 0.717) is 12.0 Å². The van der Waals surface area contributed by atoms with Gasteiger partial charge in [0, 0.05) is 23.5 Å². The Balaban J connectivity index is 1.53. The number of aromatic nitrogens is 1. The predicted octanol–water partition coefficient (Wildman–Crippen LogP) is 4.39.